The number of aromatic nitrogens is 2. The largest absolute Gasteiger partial charge is 0.497 e. The molecule has 0 bridgehead atoms. The number of ether oxygens (including phenoxy) is 2. The fourth-order valence-corrected chi connectivity index (χ4v) is 2.91. The third-order valence-corrected chi connectivity index (χ3v) is 4.28. The molecule has 0 saturated heterocycles. The second kappa shape index (κ2) is 7.92. The number of urea groups is 1. The van der Waals surface area contributed by atoms with Gasteiger partial charge in [-0.15, -0.1) is 0 Å². The van der Waals surface area contributed by atoms with E-state index in [9.17, 15) is 4.79 Å². The predicted molar refractivity (Wildman–Crippen MR) is 96.0 cm³/mol. The Morgan fingerprint density at radius 1 is 1.28 bits per heavy atom. The third kappa shape index (κ3) is 4.23. The maximum absolute atomic E-state index is 12.2. The van der Waals surface area contributed by atoms with E-state index in [0.29, 0.717) is 18.0 Å². The van der Waals surface area contributed by atoms with Crippen molar-refractivity contribution in [2.45, 2.75) is 33.4 Å². The smallest absolute Gasteiger partial charge is 0.315 e. The number of nitrogens with one attached hydrogen (secondary N) is 2. The molecule has 1 aromatic carbocycles. The van der Waals surface area contributed by atoms with Gasteiger partial charge in [0.1, 0.15) is 11.5 Å². The van der Waals surface area contributed by atoms with Crippen LogP contribution in [0.25, 0.3) is 0 Å². The summed E-state index contributed by atoms with van der Waals surface area (Å²) >= 11 is 0. The molecule has 7 heteroatoms. The summed E-state index contributed by atoms with van der Waals surface area (Å²) in [6, 6.07) is 5.12. The van der Waals surface area contributed by atoms with Gasteiger partial charge in [-0.25, -0.2) is 4.79 Å². The molecule has 2 aromatic rings. The molecule has 0 radical (unpaired) electrons. The number of aryl methyl sites for hydroxylation is 2. The van der Waals surface area contributed by atoms with Crippen molar-refractivity contribution in [2.24, 2.45) is 7.05 Å². The number of carbonyl (C=O) groups is 1. The van der Waals surface area contributed by atoms with Gasteiger partial charge in [-0.3, -0.25) is 4.68 Å². The van der Waals surface area contributed by atoms with Crippen LogP contribution in [-0.2, 0) is 13.6 Å². The fourth-order valence-electron chi connectivity index (χ4n) is 2.91. The van der Waals surface area contributed by atoms with E-state index in [1.807, 2.05) is 44.6 Å². The second-order valence-electron chi connectivity index (χ2n) is 5.93. The first-order chi connectivity index (χ1) is 11.9. The standard InChI is InChI=1S/C18H26N4O3/c1-11(17-12(2)21-22(4)13(17)3)20-18(23)19-10-14-7-8-15(24-5)9-16(14)25-6/h7-9,11H,10H2,1-6H3,(H2,19,20,23)/t11-/m0/s1. The van der Waals surface area contributed by atoms with Crippen molar-refractivity contribution < 1.29 is 14.3 Å². The zero-order valence-corrected chi connectivity index (χ0v) is 15.6. The summed E-state index contributed by atoms with van der Waals surface area (Å²) in [5.41, 5.74) is 3.88. The third-order valence-electron chi connectivity index (χ3n) is 4.28. The number of hydrogen-bond donors (Lipinski definition) is 2. The van der Waals surface area contributed by atoms with Gasteiger partial charge in [-0.1, -0.05) is 0 Å². The Morgan fingerprint density at radius 2 is 2.00 bits per heavy atom. The van der Waals surface area contributed by atoms with E-state index in [0.717, 1.165) is 22.5 Å². The second-order valence-corrected chi connectivity index (χ2v) is 5.93. The maximum atomic E-state index is 12.2. The Kier molecular flexibility index (Phi) is 5.90. The van der Waals surface area contributed by atoms with E-state index in [4.69, 9.17) is 9.47 Å². The quantitative estimate of drug-likeness (QED) is 0.843. The molecule has 2 amide bonds. The number of methoxy groups -OCH3 is 2. The van der Waals surface area contributed by atoms with Crippen LogP contribution < -0.4 is 20.1 Å². The normalized spacial score (nSPS) is 11.8. The van der Waals surface area contributed by atoms with Crippen LogP contribution in [0.5, 0.6) is 11.5 Å². The van der Waals surface area contributed by atoms with Gasteiger partial charge in [0.15, 0.2) is 0 Å². The van der Waals surface area contributed by atoms with Crippen LogP contribution in [0.4, 0.5) is 4.79 Å². The van der Waals surface area contributed by atoms with Crippen molar-refractivity contribution in [1.82, 2.24) is 20.4 Å². The molecule has 2 N–H and O–H groups in total. The molecule has 1 heterocycles. The van der Waals surface area contributed by atoms with Crippen molar-refractivity contribution in [3.05, 3.63) is 40.7 Å². The SMILES string of the molecule is COc1ccc(CNC(=O)N[C@@H](C)c2c(C)nn(C)c2C)c(OC)c1. The lowest BCUT2D eigenvalue weighted by molar-refractivity contribution is 0.237. The molecule has 0 fully saturated rings. The van der Waals surface area contributed by atoms with E-state index >= 15 is 0 Å². The van der Waals surface area contributed by atoms with Crippen molar-refractivity contribution in [3.63, 3.8) is 0 Å². The van der Waals surface area contributed by atoms with Crippen LogP contribution in [0.15, 0.2) is 18.2 Å². The molecule has 136 valence electrons. The molecule has 0 unspecified atom stereocenters. The summed E-state index contributed by atoms with van der Waals surface area (Å²) in [7, 11) is 5.09. The highest BCUT2D eigenvalue weighted by molar-refractivity contribution is 5.74. The van der Waals surface area contributed by atoms with Crippen molar-refractivity contribution >= 4 is 6.03 Å². The molecular weight excluding hydrogens is 320 g/mol. The van der Waals surface area contributed by atoms with Gasteiger partial charge in [0.2, 0.25) is 0 Å². The van der Waals surface area contributed by atoms with Gasteiger partial charge in [0, 0.05) is 36.5 Å². The number of hydrogen-bond acceptors (Lipinski definition) is 4. The van der Waals surface area contributed by atoms with Crippen LogP contribution in [0, 0.1) is 13.8 Å². The Hall–Kier alpha value is -2.70. The first-order valence-electron chi connectivity index (χ1n) is 8.12. The lowest BCUT2D eigenvalue weighted by Crippen LogP contribution is -2.37. The van der Waals surface area contributed by atoms with E-state index in [1.165, 1.54) is 0 Å². The van der Waals surface area contributed by atoms with E-state index in [2.05, 4.69) is 15.7 Å². The first kappa shape index (κ1) is 18.6. The Labute approximate surface area is 148 Å². The molecule has 0 aliphatic heterocycles. The molecule has 0 saturated carbocycles. The van der Waals surface area contributed by atoms with Crippen molar-refractivity contribution in [3.8, 4) is 11.5 Å². The van der Waals surface area contributed by atoms with E-state index in [-0.39, 0.29) is 12.1 Å². The monoisotopic (exact) mass is 346 g/mol. The zero-order chi connectivity index (χ0) is 18.6. The number of amides is 2. The summed E-state index contributed by atoms with van der Waals surface area (Å²) in [6.45, 7) is 6.25. The summed E-state index contributed by atoms with van der Waals surface area (Å²) < 4.78 is 12.3. The number of nitrogens with zero attached hydrogens (tertiary/aromatic N) is 2. The first-order valence-corrected chi connectivity index (χ1v) is 8.12. The molecule has 7 nitrogen and oxygen atoms in total. The van der Waals surface area contributed by atoms with E-state index < -0.39 is 0 Å². The lowest BCUT2D eigenvalue weighted by atomic mass is 10.1. The van der Waals surface area contributed by atoms with Gasteiger partial charge >= 0.3 is 6.03 Å². The summed E-state index contributed by atoms with van der Waals surface area (Å²) in [5, 5.41) is 10.2. The minimum absolute atomic E-state index is 0.133. The molecule has 2 rings (SSSR count). The number of rotatable bonds is 6. The molecule has 0 aliphatic rings. The highest BCUT2D eigenvalue weighted by Gasteiger charge is 2.18. The minimum atomic E-state index is -0.243. The summed E-state index contributed by atoms with van der Waals surface area (Å²) in [4.78, 5) is 12.2. The van der Waals surface area contributed by atoms with Crippen LogP contribution in [0.3, 0.4) is 0 Å². The van der Waals surface area contributed by atoms with Gasteiger partial charge < -0.3 is 20.1 Å². The summed E-state index contributed by atoms with van der Waals surface area (Å²) in [6.07, 6.45) is 0. The highest BCUT2D eigenvalue weighted by Crippen LogP contribution is 2.24. The molecule has 1 aromatic heterocycles. The zero-order valence-electron chi connectivity index (χ0n) is 15.6. The lowest BCUT2D eigenvalue weighted by Gasteiger charge is -2.16. The molecular formula is C18H26N4O3. The molecule has 0 aliphatic carbocycles. The number of benzene rings is 1. The number of carbonyl (C=O) groups excluding carboxylic acids is 1. The van der Waals surface area contributed by atoms with Gasteiger partial charge in [0.25, 0.3) is 0 Å². The van der Waals surface area contributed by atoms with Crippen LogP contribution in [-0.4, -0.2) is 30.0 Å². The van der Waals surface area contributed by atoms with Gasteiger partial charge in [-0.2, -0.15) is 5.10 Å². The van der Waals surface area contributed by atoms with Gasteiger partial charge in [0.05, 0.1) is 26.0 Å². The molecule has 1 atom stereocenters. The summed E-state index contributed by atoms with van der Waals surface area (Å²) in [5.74, 6) is 1.38. The Balaban J connectivity index is 1.99. The predicted octanol–water partition coefficient (Wildman–Crippen LogP) is 2.61. The van der Waals surface area contributed by atoms with Crippen LogP contribution in [0.2, 0.25) is 0 Å². The average Bonchev–Trinajstić information content (AvgIpc) is 2.84. The Morgan fingerprint density at radius 3 is 2.56 bits per heavy atom. The molecule has 0 spiro atoms. The van der Waals surface area contributed by atoms with Crippen LogP contribution in [0.1, 0.15) is 35.5 Å². The van der Waals surface area contributed by atoms with E-state index in [1.54, 1.807) is 20.3 Å². The maximum Gasteiger partial charge on any atom is 0.315 e. The average molecular weight is 346 g/mol. The topological polar surface area (TPSA) is 77.4 Å². The molecule has 25 heavy (non-hydrogen) atoms. The Bertz CT molecular complexity index is 755. The fraction of sp³-hybridized carbons (Fsp3) is 0.444. The van der Waals surface area contributed by atoms with Crippen molar-refractivity contribution in [1.29, 1.82) is 0 Å². The highest BCUT2D eigenvalue weighted by atomic mass is 16.5. The van der Waals surface area contributed by atoms with Crippen molar-refractivity contribution in [2.75, 3.05) is 14.2 Å². The minimum Gasteiger partial charge on any atom is -0.497 e. The van der Waals surface area contributed by atoms with Gasteiger partial charge in [-0.05, 0) is 32.9 Å². The van der Waals surface area contributed by atoms with Crippen LogP contribution >= 0.6 is 0 Å².